The Morgan fingerprint density at radius 2 is 1.92 bits per heavy atom. The number of ether oxygens (including phenoxy) is 2. The van der Waals surface area contributed by atoms with Crippen molar-refractivity contribution in [2.24, 2.45) is 0 Å². The van der Waals surface area contributed by atoms with Crippen molar-refractivity contribution in [2.45, 2.75) is 6.61 Å². The molecule has 0 unspecified atom stereocenters. The van der Waals surface area contributed by atoms with Crippen LogP contribution < -0.4 is 9.47 Å². The van der Waals surface area contributed by atoms with Crippen LogP contribution in [0.1, 0.15) is 16.2 Å². The second-order valence-electron chi connectivity index (χ2n) is 4.82. The molecule has 0 atom stereocenters. The number of nitrogens with zero attached hydrogens (tertiary/aromatic N) is 2. The van der Waals surface area contributed by atoms with Crippen LogP contribution in [0.15, 0.2) is 51.4 Å². The minimum atomic E-state index is 0.0716. The Hall–Kier alpha value is -2.67. The van der Waals surface area contributed by atoms with E-state index in [0.29, 0.717) is 28.8 Å². The fourth-order valence-electron chi connectivity index (χ4n) is 2.04. The van der Waals surface area contributed by atoms with Gasteiger partial charge in [-0.3, -0.25) is 4.79 Å². The quantitative estimate of drug-likeness (QED) is 0.596. The average Bonchev–Trinajstić information content (AvgIpc) is 3.09. The number of rotatable bonds is 6. The van der Waals surface area contributed by atoms with Gasteiger partial charge in [-0.2, -0.15) is 0 Å². The summed E-state index contributed by atoms with van der Waals surface area (Å²) in [7, 11) is 1.53. The number of carbonyl (C=O) groups is 1. The molecule has 0 saturated carbocycles. The molecule has 0 amide bonds. The zero-order chi connectivity index (χ0) is 16.9. The molecule has 0 bridgehead atoms. The van der Waals surface area contributed by atoms with Crippen LogP contribution in [0.2, 0.25) is 0 Å². The molecule has 24 heavy (non-hydrogen) atoms. The third-order valence-corrected chi connectivity index (χ3v) is 3.76. The highest BCUT2D eigenvalue weighted by Gasteiger charge is 2.11. The standard InChI is InChI=1S/C17H13BrN2O4/c1-22-14-7-2-11(9-21)8-15(14)23-10-16-19-20-17(24-16)12-3-5-13(18)6-4-12/h2-9H,10H2,1H3. The molecule has 0 spiro atoms. The summed E-state index contributed by atoms with van der Waals surface area (Å²) in [5.41, 5.74) is 1.31. The number of carbonyl (C=O) groups excluding carboxylic acids is 1. The highest BCUT2D eigenvalue weighted by Crippen LogP contribution is 2.28. The Labute approximate surface area is 146 Å². The van der Waals surface area contributed by atoms with E-state index in [1.54, 1.807) is 18.2 Å². The summed E-state index contributed by atoms with van der Waals surface area (Å²) in [6.07, 6.45) is 0.741. The number of methoxy groups -OCH3 is 1. The maximum atomic E-state index is 10.9. The van der Waals surface area contributed by atoms with E-state index in [1.807, 2.05) is 24.3 Å². The van der Waals surface area contributed by atoms with E-state index < -0.39 is 0 Å². The SMILES string of the molecule is COc1ccc(C=O)cc1OCc1nnc(-c2ccc(Br)cc2)o1. The van der Waals surface area contributed by atoms with Gasteiger partial charge in [0, 0.05) is 15.6 Å². The number of aromatic nitrogens is 2. The smallest absolute Gasteiger partial charge is 0.254 e. The van der Waals surface area contributed by atoms with Gasteiger partial charge in [-0.25, -0.2) is 0 Å². The molecular formula is C17H13BrN2O4. The highest BCUT2D eigenvalue weighted by molar-refractivity contribution is 9.10. The maximum absolute atomic E-state index is 10.9. The molecule has 7 heteroatoms. The predicted molar refractivity (Wildman–Crippen MR) is 90.1 cm³/mol. The van der Waals surface area contributed by atoms with E-state index in [0.717, 1.165) is 16.3 Å². The molecule has 3 rings (SSSR count). The molecule has 122 valence electrons. The van der Waals surface area contributed by atoms with E-state index in [1.165, 1.54) is 7.11 Å². The van der Waals surface area contributed by atoms with Gasteiger partial charge in [0.05, 0.1) is 7.11 Å². The van der Waals surface area contributed by atoms with E-state index in [-0.39, 0.29) is 6.61 Å². The minimum Gasteiger partial charge on any atom is -0.493 e. The van der Waals surface area contributed by atoms with Crippen molar-refractivity contribution in [3.05, 3.63) is 58.4 Å². The molecule has 2 aromatic carbocycles. The number of aldehydes is 1. The van der Waals surface area contributed by atoms with Gasteiger partial charge in [-0.15, -0.1) is 10.2 Å². The fourth-order valence-corrected chi connectivity index (χ4v) is 2.30. The van der Waals surface area contributed by atoms with Crippen LogP contribution in [0.5, 0.6) is 11.5 Å². The van der Waals surface area contributed by atoms with Gasteiger partial charge in [0.25, 0.3) is 5.89 Å². The Morgan fingerprint density at radius 1 is 1.12 bits per heavy atom. The average molecular weight is 389 g/mol. The third kappa shape index (κ3) is 3.62. The first-order valence-corrected chi connectivity index (χ1v) is 7.83. The lowest BCUT2D eigenvalue weighted by Gasteiger charge is -2.09. The van der Waals surface area contributed by atoms with Crippen LogP contribution in [-0.4, -0.2) is 23.6 Å². The van der Waals surface area contributed by atoms with E-state index >= 15 is 0 Å². The number of hydrogen-bond acceptors (Lipinski definition) is 6. The zero-order valence-corrected chi connectivity index (χ0v) is 14.3. The van der Waals surface area contributed by atoms with Crippen molar-refractivity contribution < 1.29 is 18.7 Å². The molecule has 0 N–H and O–H groups in total. The van der Waals surface area contributed by atoms with Gasteiger partial charge < -0.3 is 13.9 Å². The molecule has 0 saturated heterocycles. The normalized spacial score (nSPS) is 10.4. The van der Waals surface area contributed by atoms with Gasteiger partial charge in [0.2, 0.25) is 5.89 Å². The fraction of sp³-hybridized carbons (Fsp3) is 0.118. The number of hydrogen-bond donors (Lipinski definition) is 0. The first-order valence-electron chi connectivity index (χ1n) is 7.04. The molecular weight excluding hydrogens is 376 g/mol. The Balaban J connectivity index is 1.74. The summed E-state index contributed by atoms with van der Waals surface area (Å²) in [6, 6.07) is 12.4. The van der Waals surface area contributed by atoms with Crippen LogP contribution >= 0.6 is 15.9 Å². The molecule has 0 aliphatic rings. The largest absolute Gasteiger partial charge is 0.493 e. The van der Waals surface area contributed by atoms with Crippen LogP contribution in [0.4, 0.5) is 0 Å². The molecule has 1 heterocycles. The van der Waals surface area contributed by atoms with Crippen molar-refractivity contribution in [3.63, 3.8) is 0 Å². The van der Waals surface area contributed by atoms with Gasteiger partial charge >= 0.3 is 0 Å². The van der Waals surface area contributed by atoms with Crippen LogP contribution in [0, 0.1) is 0 Å². The summed E-state index contributed by atoms with van der Waals surface area (Å²) in [5, 5.41) is 7.97. The summed E-state index contributed by atoms with van der Waals surface area (Å²) >= 11 is 3.38. The van der Waals surface area contributed by atoms with E-state index in [4.69, 9.17) is 13.9 Å². The van der Waals surface area contributed by atoms with Crippen LogP contribution in [0.3, 0.4) is 0 Å². The molecule has 0 aliphatic heterocycles. The maximum Gasteiger partial charge on any atom is 0.254 e. The van der Waals surface area contributed by atoms with E-state index in [2.05, 4.69) is 26.1 Å². The number of halogens is 1. The lowest BCUT2D eigenvalue weighted by molar-refractivity contribution is 0.112. The summed E-state index contributed by atoms with van der Waals surface area (Å²) < 4.78 is 17.4. The summed E-state index contributed by atoms with van der Waals surface area (Å²) in [5.74, 6) is 1.69. The van der Waals surface area contributed by atoms with Crippen molar-refractivity contribution >= 4 is 22.2 Å². The second-order valence-corrected chi connectivity index (χ2v) is 5.74. The van der Waals surface area contributed by atoms with Crippen molar-refractivity contribution in [2.75, 3.05) is 7.11 Å². The predicted octanol–water partition coefficient (Wildman–Crippen LogP) is 3.90. The number of benzene rings is 2. The topological polar surface area (TPSA) is 74.5 Å². The van der Waals surface area contributed by atoms with Crippen molar-refractivity contribution in [3.8, 4) is 23.0 Å². The Morgan fingerprint density at radius 3 is 2.62 bits per heavy atom. The summed E-state index contributed by atoms with van der Waals surface area (Å²) in [6.45, 7) is 0.0716. The lowest BCUT2D eigenvalue weighted by Crippen LogP contribution is -1.99. The van der Waals surface area contributed by atoms with Crippen molar-refractivity contribution in [1.29, 1.82) is 0 Å². The molecule has 6 nitrogen and oxygen atoms in total. The van der Waals surface area contributed by atoms with Gasteiger partial charge in [-0.05, 0) is 42.5 Å². The molecule has 0 aliphatic carbocycles. The van der Waals surface area contributed by atoms with Crippen molar-refractivity contribution in [1.82, 2.24) is 10.2 Å². The highest BCUT2D eigenvalue weighted by atomic mass is 79.9. The van der Waals surface area contributed by atoms with Gasteiger partial charge in [-0.1, -0.05) is 15.9 Å². The zero-order valence-electron chi connectivity index (χ0n) is 12.7. The minimum absolute atomic E-state index is 0.0716. The van der Waals surface area contributed by atoms with E-state index in [9.17, 15) is 4.79 Å². The van der Waals surface area contributed by atoms with Crippen LogP contribution in [0.25, 0.3) is 11.5 Å². The third-order valence-electron chi connectivity index (χ3n) is 3.23. The second kappa shape index (κ2) is 7.27. The first-order chi connectivity index (χ1) is 11.7. The Bertz CT molecular complexity index is 846. The summed E-state index contributed by atoms with van der Waals surface area (Å²) in [4.78, 5) is 10.9. The van der Waals surface area contributed by atoms with Gasteiger partial charge in [0.1, 0.15) is 6.29 Å². The molecule has 3 aromatic rings. The monoisotopic (exact) mass is 388 g/mol. The molecule has 1 aromatic heterocycles. The van der Waals surface area contributed by atoms with Crippen LogP contribution in [-0.2, 0) is 6.61 Å². The Kier molecular flexibility index (Phi) is 4.90. The van der Waals surface area contributed by atoms with Gasteiger partial charge in [0.15, 0.2) is 18.1 Å². The molecule has 0 radical (unpaired) electrons. The first kappa shape index (κ1) is 16.2. The molecule has 0 fully saturated rings. The lowest BCUT2D eigenvalue weighted by atomic mass is 10.2.